The largest absolute Gasteiger partial charge is 0.504 e. The zero-order valence-electron chi connectivity index (χ0n) is 10.6. The lowest BCUT2D eigenvalue weighted by molar-refractivity contribution is 0.400. The zero-order valence-corrected chi connectivity index (χ0v) is 11.5. The van der Waals surface area contributed by atoms with Crippen molar-refractivity contribution in [3.63, 3.8) is 0 Å². The van der Waals surface area contributed by atoms with Gasteiger partial charge in [-0.1, -0.05) is 18.2 Å². The van der Waals surface area contributed by atoms with E-state index in [1.807, 2.05) is 0 Å². The molecule has 0 radical (unpaired) electrons. The second-order valence-electron chi connectivity index (χ2n) is 4.70. The van der Waals surface area contributed by atoms with Crippen LogP contribution in [0.15, 0.2) is 36.4 Å². The van der Waals surface area contributed by atoms with E-state index >= 15 is 0 Å². The van der Waals surface area contributed by atoms with Crippen LogP contribution < -0.4 is 5.32 Å². The highest BCUT2D eigenvalue weighted by molar-refractivity contribution is 5.85. The molecule has 3 nitrogen and oxygen atoms in total. The van der Waals surface area contributed by atoms with Crippen LogP contribution >= 0.6 is 12.4 Å². The maximum Gasteiger partial charge on any atom is 0.157 e. The normalized spacial score (nSPS) is 17.1. The lowest BCUT2D eigenvalue weighted by Gasteiger charge is -2.28. The van der Waals surface area contributed by atoms with Gasteiger partial charge < -0.3 is 15.5 Å². The van der Waals surface area contributed by atoms with Crippen molar-refractivity contribution in [1.82, 2.24) is 5.32 Å². The summed E-state index contributed by atoms with van der Waals surface area (Å²) in [6.07, 6.45) is 0.744. The van der Waals surface area contributed by atoms with Gasteiger partial charge in [0.25, 0.3) is 0 Å². The summed E-state index contributed by atoms with van der Waals surface area (Å²) < 4.78 is 13.9. The molecule has 20 heavy (non-hydrogen) atoms. The quantitative estimate of drug-likeness (QED) is 0.709. The number of phenolic OH excluding ortho intramolecular Hbond substituents is 2. The summed E-state index contributed by atoms with van der Waals surface area (Å²) in [5.74, 6) is -0.586. The average molecular weight is 296 g/mol. The monoisotopic (exact) mass is 295 g/mol. The summed E-state index contributed by atoms with van der Waals surface area (Å²) in [7, 11) is 0. The van der Waals surface area contributed by atoms with Gasteiger partial charge in [0, 0.05) is 12.1 Å². The van der Waals surface area contributed by atoms with Crippen LogP contribution in [0.1, 0.15) is 22.7 Å². The van der Waals surface area contributed by atoms with E-state index < -0.39 is 0 Å². The molecule has 106 valence electrons. The molecule has 1 aliphatic heterocycles. The van der Waals surface area contributed by atoms with Crippen LogP contribution in [0.25, 0.3) is 0 Å². The second kappa shape index (κ2) is 5.69. The van der Waals surface area contributed by atoms with Gasteiger partial charge in [-0.05, 0) is 35.7 Å². The fourth-order valence-electron chi connectivity index (χ4n) is 2.57. The third-order valence-electron chi connectivity index (χ3n) is 3.51. The van der Waals surface area contributed by atoms with Crippen molar-refractivity contribution in [2.75, 3.05) is 6.54 Å². The molecular weight excluding hydrogens is 281 g/mol. The number of fused-ring (bicyclic) bond motifs is 1. The molecule has 0 saturated heterocycles. The topological polar surface area (TPSA) is 52.5 Å². The third kappa shape index (κ3) is 2.44. The Labute approximate surface area is 122 Å². The van der Waals surface area contributed by atoms with Crippen molar-refractivity contribution < 1.29 is 14.6 Å². The number of benzene rings is 2. The fourth-order valence-corrected chi connectivity index (χ4v) is 2.57. The van der Waals surface area contributed by atoms with Gasteiger partial charge in [-0.2, -0.15) is 0 Å². The smallest absolute Gasteiger partial charge is 0.157 e. The Balaban J connectivity index is 0.00000147. The first-order valence-electron chi connectivity index (χ1n) is 6.19. The maximum absolute atomic E-state index is 13.9. The minimum Gasteiger partial charge on any atom is -0.504 e. The highest BCUT2D eigenvalue weighted by Crippen LogP contribution is 2.36. The van der Waals surface area contributed by atoms with E-state index in [9.17, 15) is 14.6 Å². The van der Waals surface area contributed by atoms with Crippen LogP contribution in [0.3, 0.4) is 0 Å². The number of nitrogens with one attached hydrogen (secondary N) is 1. The van der Waals surface area contributed by atoms with Gasteiger partial charge in [0.15, 0.2) is 11.5 Å². The lowest BCUT2D eigenvalue weighted by Crippen LogP contribution is -2.31. The van der Waals surface area contributed by atoms with Gasteiger partial charge in [0.2, 0.25) is 0 Å². The van der Waals surface area contributed by atoms with Crippen molar-refractivity contribution >= 4 is 12.4 Å². The molecular formula is C15H15ClFNO2. The third-order valence-corrected chi connectivity index (χ3v) is 3.51. The Bertz CT molecular complexity index is 633. The molecule has 0 aromatic heterocycles. The molecule has 1 atom stereocenters. The number of phenols is 2. The molecule has 0 bridgehead atoms. The SMILES string of the molecule is Cl.Oc1cc2c(cc1O)C(c1ccccc1F)NCC2. The highest BCUT2D eigenvalue weighted by atomic mass is 35.5. The highest BCUT2D eigenvalue weighted by Gasteiger charge is 2.24. The molecule has 1 heterocycles. The standard InChI is InChI=1S/C15H14FNO2.ClH/c16-12-4-2-1-3-10(12)15-11-8-14(19)13(18)7-9(11)5-6-17-15;/h1-4,7-8,15,17-19H,5-6H2;1H. The predicted octanol–water partition coefficient (Wildman–Crippen LogP) is 2.89. The molecule has 0 fully saturated rings. The molecule has 5 heteroatoms. The zero-order chi connectivity index (χ0) is 13.4. The summed E-state index contributed by atoms with van der Waals surface area (Å²) in [6.45, 7) is 0.705. The van der Waals surface area contributed by atoms with Crippen LogP contribution in [0.5, 0.6) is 11.5 Å². The van der Waals surface area contributed by atoms with E-state index in [-0.39, 0.29) is 35.8 Å². The molecule has 3 rings (SSSR count). The van der Waals surface area contributed by atoms with Crippen LogP contribution in [-0.2, 0) is 6.42 Å². The van der Waals surface area contributed by atoms with E-state index in [1.54, 1.807) is 24.3 Å². The summed E-state index contributed by atoms with van der Waals surface area (Å²) in [4.78, 5) is 0. The van der Waals surface area contributed by atoms with Crippen molar-refractivity contribution in [2.45, 2.75) is 12.5 Å². The Hall–Kier alpha value is -1.78. The van der Waals surface area contributed by atoms with Crippen molar-refractivity contribution in [2.24, 2.45) is 0 Å². The number of rotatable bonds is 1. The van der Waals surface area contributed by atoms with E-state index in [4.69, 9.17) is 0 Å². The molecule has 0 spiro atoms. The number of hydrogen-bond acceptors (Lipinski definition) is 3. The summed E-state index contributed by atoms with van der Waals surface area (Å²) in [6, 6.07) is 9.35. The Morgan fingerprint density at radius 3 is 2.50 bits per heavy atom. The Morgan fingerprint density at radius 2 is 1.75 bits per heavy atom. The van der Waals surface area contributed by atoms with Gasteiger partial charge in [-0.3, -0.25) is 0 Å². The molecule has 0 saturated carbocycles. The molecule has 1 unspecified atom stereocenters. The number of halogens is 2. The van der Waals surface area contributed by atoms with Crippen LogP contribution in [0, 0.1) is 5.82 Å². The number of hydrogen-bond donors (Lipinski definition) is 3. The van der Waals surface area contributed by atoms with E-state index in [1.165, 1.54) is 12.1 Å². The van der Waals surface area contributed by atoms with Gasteiger partial charge in [0.1, 0.15) is 5.82 Å². The first-order valence-corrected chi connectivity index (χ1v) is 6.19. The summed E-state index contributed by atoms with van der Waals surface area (Å²) in [5.41, 5.74) is 2.29. The van der Waals surface area contributed by atoms with Gasteiger partial charge in [-0.15, -0.1) is 12.4 Å². The predicted molar refractivity (Wildman–Crippen MR) is 77.0 cm³/mol. The van der Waals surface area contributed by atoms with Gasteiger partial charge >= 0.3 is 0 Å². The molecule has 2 aromatic carbocycles. The lowest BCUT2D eigenvalue weighted by atomic mass is 9.89. The first-order chi connectivity index (χ1) is 9.16. The maximum atomic E-state index is 13.9. The van der Waals surface area contributed by atoms with Crippen LogP contribution in [-0.4, -0.2) is 16.8 Å². The Morgan fingerprint density at radius 1 is 1.05 bits per heavy atom. The van der Waals surface area contributed by atoms with Crippen LogP contribution in [0.2, 0.25) is 0 Å². The molecule has 2 aromatic rings. The minimum absolute atomic E-state index is 0. The summed E-state index contributed by atoms with van der Waals surface area (Å²) >= 11 is 0. The molecule has 0 amide bonds. The fraction of sp³-hybridized carbons (Fsp3) is 0.200. The minimum atomic E-state index is -0.295. The number of aromatic hydroxyl groups is 2. The summed E-state index contributed by atoms with van der Waals surface area (Å²) in [5, 5.41) is 22.4. The Kier molecular flexibility index (Phi) is 4.16. The van der Waals surface area contributed by atoms with Crippen molar-refractivity contribution in [3.8, 4) is 11.5 Å². The van der Waals surface area contributed by atoms with E-state index in [0.717, 1.165) is 17.5 Å². The van der Waals surface area contributed by atoms with E-state index in [2.05, 4.69) is 5.32 Å². The average Bonchev–Trinajstić information content (AvgIpc) is 2.40. The first kappa shape index (κ1) is 14.6. The van der Waals surface area contributed by atoms with Crippen molar-refractivity contribution in [1.29, 1.82) is 0 Å². The molecule has 1 aliphatic rings. The van der Waals surface area contributed by atoms with Gasteiger partial charge in [-0.25, -0.2) is 4.39 Å². The van der Waals surface area contributed by atoms with Crippen LogP contribution in [0.4, 0.5) is 4.39 Å². The molecule has 0 aliphatic carbocycles. The van der Waals surface area contributed by atoms with Gasteiger partial charge in [0.05, 0.1) is 6.04 Å². The van der Waals surface area contributed by atoms with Crippen molar-refractivity contribution in [3.05, 3.63) is 58.9 Å². The van der Waals surface area contributed by atoms with E-state index in [0.29, 0.717) is 12.1 Å². The second-order valence-corrected chi connectivity index (χ2v) is 4.70. The molecule has 3 N–H and O–H groups in total.